The number of nitrogens with zero attached hydrogens (tertiary/aromatic N) is 3. The summed E-state index contributed by atoms with van der Waals surface area (Å²) in [6, 6.07) is 18.7. The third kappa shape index (κ3) is 3.45. The summed E-state index contributed by atoms with van der Waals surface area (Å²) in [7, 11) is 1.70. The van der Waals surface area contributed by atoms with Gasteiger partial charge in [-0.2, -0.15) is 5.10 Å². The van der Waals surface area contributed by atoms with Gasteiger partial charge in [0.25, 0.3) is 0 Å². The molecule has 2 aromatic carbocycles. The molecule has 0 spiro atoms. The van der Waals surface area contributed by atoms with Gasteiger partial charge in [0.15, 0.2) is 0 Å². The summed E-state index contributed by atoms with van der Waals surface area (Å²) in [5.74, 6) is 4.10. The Labute approximate surface area is 186 Å². The zero-order chi connectivity index (χ0) is 20.8. The van der Waals surface area contributed by atoms with E-state index in [9.17, 15) is 0 Å². The highest BCUT2D eigenvalue weighted by atomic mass is 32.1. The van der Waals surface area contributed by atoms with Crippen LogP contribution >= 0.6 is 11.3 Å². The molecule has 1 heterocycles. The van der Waals surface area contributed by atoms with Crippen molar-refractivity contribution >= 4 is 17.0 Å². The summed E-state index contributed by atoms with van der Waals surface area (Å²) >= 11 is 1.66. The van der Waals surface area contributed by atoms with Crippen LogP contribution in [0.2, 0.25) is 0 Å². The zero-order valence-electron chi connectivity index (χ0n) is 17.8. The third-order valence-electron chi connectivity index (χ3n) is 7.33. The summed E-state index contributed by atoms with van der Waals surface area (Å²) in [6.45, 7) is 0. The molecule has 31 heavy (non-hydrogen) atoms. The monoisotopic (exact) mass is 429 g/mol. The molecular weight excluding hydrogens is 402 g/mol. The van der Waals surface area contributed by atoms with Gasteiger partial charge in [0.2, 0.25) is 4.80 Å². The van der Waals surface area contributed by atoms with Crippen LogP contribution in [0.3, 0.4) is 0 Å². The van der Waals surface area contributed by atoms with E-state index in [1.165, 1.54) is 37.8 Å². The molecule has 3 aromatic rings. The van der Waals surface area contributed by atoms with Crippen LogP contribution in [-0.2, 0) is 0 Å². The fourth-order valence-corrected chi connectivity index (χ4v) is 6.96. The number of thiazole rings is 1. The van der Waals surface area contributed by atoms with E-state index in [4.69, 9.17) is 14.9 Å². The molecule has 0 N–H and O–H groups in total. The highest BCUT2D eigenvalue weighted by Crippen LogP contribution is 2.52. The third-order valence-corrected chi connectivity index (χ3v) is 8.15. The van der Waals surface area contributed by atoms with Crippen LogP contribution in [0.5, 0.6) is 5.75 Å². The van der Waals surface area contributed by atoms with E-state index in [0.29, 0.717) is 11.8 Å². The van der Waals surface area contributed by atoms with E-state index >= 15 is 0 Å². The molecule has 4 aliphatic carbocycles. The SMILES string of the molecule is COc1ccc(-c2cs/c(=N/N=C3C4CC5CC(C4)CC3C5)n2-c2ccccc2)cc1. The fraction of sp³-hybridized carbons (Fsp3) is 0.385. The Balaban J connectivity index is 1.44. The molecule has 0 amide bonds. The van der Waals surface area contributed by atoms with Gasteiger partial charge in [0, 0.05) is 16.8 Å². The first-order valence-electron chi connectivity index (χ1n) is 11.3. The Morgan fingerprint density at radius 2 is 1.52 bits per heavy atom. The largest absolute Gasteiger partial charge is 0.497 e. The first-order valence-corrected chi connectivity index (χ1v) is 12.2. The molecule has 4 saturated carbocycles. The van der Waals surface area contributed by atoms with Crippen LogP contribution in [0, 0.1) is 23.7 Å². The standard InChI is InChI=1S/C26H27N3OS/c1-30-23-9-7-19(8-10-23)24-16-31-26(29(24)22-5-3-2-4-6-22)28-27-25-20-12-17-11-18(14-20)15-21(25)13-17/h2-10,16-18,20-21H,11-15H2,1H3/b27-25?,28-26+. The zero-order valence-corrected chi connectivity index (χ0v) is 18.6. The van der Waals surface area contributed by atoms with Gasteiger partial charge in [0.05, 0.1) is 12.8 Å². The van der Waals surface area contributed by atoms with Crippen molar-refractivity contribution in [3.05, 3.63) is 64.8 Å². The predicted octanol–water partition coefficient (Wildman–Crippen LogP) is 5.93. The number of hydrogen-bond donors (Lipinski definition) is 0. The molecule has 4 bridgehead atoms. The Kier molecular flexibility index (Phi) is 4.79. The Hall–Kier alpha value is -2.66. The van der Waals surface area contributed by atoms with Crippen LogP contribution in [0.1, 0.15) is 32.1 Å². The molecule has 0 aliphatic heterocycles. The highest BCUT2D eigenvalue weighted by molar-refractivity contribution is 7.07. The summed E-state index contributed by atoms with van der Waals surface area (Å²) < 4.78 is 7.57. The predicted molar refractivity (Wildman–Crippen MR) is 126 cm³/mol. The topological polar surface area (TPSA) is 38.9 Å². The van der Waals surface area contributed by atoms with Gasteiger partial charge in [-0.25, -0.2) is 0 Å². The van der Waals surface area contributed by atoms with E-state index in [1.807, 2.05) is 12.1 Å². The minimum atomic E-state index is 0.672. The lowest BCUT2D eigenvalue weighted by molar-refractivity contribution is 0.108. The second-order valence-corrected chi connectivity index (χ2v) is 10.1. The molecule has 0 saturated heterocycles. The lowest BCUT2D eigenvalue weighted by atomic mass is 9.55. The van der Waals surface area contributed by atoms with Crippen molar-refractivity contribution in [1.82, 2.24) is 4.57 Å². The molecule has 0 atom stereocenters. The van der Waals surface area contributed by atoms with Crippen molar-refractivity contribution in [2.24, 2.45) is 33.9 Å². The van der Waals surface area contributed by atoms with E-state index in [2.05, 4.69) is 52.4 Å². The maximum absolute atomic E-state index is 5.34. The first kappa shape index (κ1) is 19.1. The Morgan fingerprint density at radius 1 is 0.839 bits per heavy atom. The number of benzene rings is 2. The molecule has 4 fully saturated rings. The lowest BCUT2D eigenvalue weighted by Gasteiger charge is -2.50. The van der Waals surface area contributed by atoms with E-state index in [0.717, 1.165) is 39.3 Å². The van der Waals surface area contributed by atoms with Crippen molar-refractivity contribution in [2.75, 3.05) is 7.11 Å². The number of aromatic nitrogens is 1. The molecule has 1 aromatic heterocycles. The second kappa shape index (κ2) is 7.79. The van der Waals surface area contributed by atoms with Gasteiger partial charge in [-0.3, -0.25) is 4.57 Å². The number of rotatable bonds is 4. The minimum absolute atomic E-state index is 0.672. The average Bonchev–Trinajstić information content (AvgIpc) is 3.23. The molecule has 0 radical (unpaired) electrons. The second-order valence-electron chi connectivity index (χ2n) is 9.23. The van der Waals surface area contributed by atoms with Gasteiger partial charge in [-0.1, -0.05) is 18.2 Å². The summed E-state index contributed by atoms with van der Waals surface area (Å²) in [5.41, 5.74) is 4.76. The normalized spacial score (nSPS) is 27.0. The number of hydrogen-bond acceptors (Lipinski definition) is 4. The quantitative estimate of drug-likeness (QED) is 0.474. The van der Waals surface area contributed by atoms with E-state index in [-0.39, 0.29) is 0 Å². The van der Waals surface area contributed by atoms with Crippen molar-refractivity contribution in [3.8, 4) is 22.7 Å². The fourth-order valence-electron chi connectivity index (χ4n) is 6.10. The first-order chi connectivity index (χ1) is 15.3. The van der Waals surface area contributed by atoms with Gasteiger partial charge < -0.3 is 4.74 Å². The van der Waals surface area contributed by atoms with Crippen LogP contribution in [0.4, 0.5) is 0 Å². The summed E-state index contributed by atoms with van der Waals surface area (Å²) in [5, 5.41) is 12.0. The Bertz CT molecular complexity index is 1140. The molecule has 4 aliphatic rings. The lowest BCUT2D eigenvalue weighted by Crippen LogP contribution is -2.45. The van der Waals surface area contributed by atoms with Gasteiger partial charge in [-0.05, 0) is 97.7 Å². The summed E-state index contributed by atoms with van der Waals surface area (Å²) in [6.07, 6.45) is 6.80. The highest BCUT2D eigenvalue weighted by Gasteiger charge is 2.46. The molecular formula is C26H27N3OS. The summed E-state index contributed by atoms with van der Waals surface area (Å²) in [4.78, 5) is 0.929. The number of para-hydroxylation sites is 1. The van der Waals surface area contributed by atoms with Crippen LogP contribution in [-0.4, -0.2) is 17.4 Å². The number of ether oxygens (including phenoxy) is 1. The molecule has 4 nitrogen and oxygen atoms in total. The maximum atomic E-state index is 5.34. The smallest absolute Gasteiger partial charge is 0.215 e. The van der Waals surface area contributed by atoms with Crippen molar-refractivity contribution in [3.63, 3.8) is 0 Å². The van der Waals surface area contributed by atoms with Crippen LogP contribution < -0.4 is 9.54 Å². The average molecular weight is 430 g/mol. The maximum Gasteiger partial charge on any atom is 0.215 e. The van der Waals surface area contributed by atoms with Crippen molar-refractivity contribution in [2.45, 2.75) is 32.1 Å². The van der Waals surface area contributed by atoms with E-state index in [1.54, 1.807) is 18.4 Å². The van der Waals surface area contributed by atoms with E-state index < -0.39 is 0 Å². The molecule has 158 valence electrons. The van der Waals surface area contributed by atoms with Gasteiger partial charge in [0.1, 0.15) is 5.75 Å². The molecule has 7 rings (SSSR count). The van der Waals surface area contributed by atoms with Gasteiger partial charge in [-0.15, -0.1) is 16.4 Å². The van der Waals surface area contributed by atoms with Crippen LogP contribution in [0.25, 0.3) is 16.9 Å². The molecule has 5 heteroatoms. The van der Waals surface area contributed by atoms with Crippen molar-refractivity contribution in [1.29, 1.82) is 0 Å². The Morgan fingerprint density at radius 3 is 2.16 bits per heavy atom. The van der Waals surface area contributed by atoms with Crippen molar-refractivity contribution < 1.29 is 4.74 Å². The van der Waals surface area contributed by atoms with Gasteiger partial charge >= 0.3 is 0 Å². The minimum Gasteiger partial charge on any atom is -0.497 e. The van der Waals surface area contributed by atoms with Crippen LogP contribution in [0.15, 0.2) is 70.2 Å². The molecule has 0 unspecified atom stereocenters. The number of methoxy groups -OCH3 is 1.